The van der Waals surface area contributed by atoms with E-state index in [9.17, 15) is 4.79 Å². The van der Waals surface area contributed by atoms with E-state index >= 15 is 0 Å². The van der Waals surface area contributed by atoms with Crippen molar-refractivity contribution in [3.63, 3.8) is 0 Å². The molecule has 1 aromatic carbocycles. The van der Waals surface area contributed by atoms with Crippen LogP contribution in [0.1, 0.15) is 42.7 Å². The highest BCUT2D eigenvalue weighted by Crippen LogP contribution is 2.30. The van der Waals surface area contributed by atoms with E-state index in [1.54, 1.807) is 12.1 Å². The lowest BCUT2D eigenvalue weighted by atomic mass is 10.1. The zero-order valence-electron chi connectivity index (χ0n) is 14.0. The number of carbonyl (C=O) groups is 1. The Morgan fingerprint density at radius 2 is 1.88 bits per heavy atom. The highest BCUT2D eigenvalue weighted by atomic mass is 35.5. The van der Waals surface area contributed by atoms with E-state index in [0.717, 1.165) is 5.56 Å². The summed E-state index contributed by atoms with van der Waals surface area (Å²) in [6.45, 7) is 6.86. The quantitative estimate of drug-likeness (QED) is 0.767. The monoisotopic (exact) mass is 348 g/mol. The van der Waals surface area contributed by atoms with Crippen molar-refractivity contribution in [2.24, 2.45) is 0 Å². The van der Waals surface area contributed by atoms with Crippen molar-refractivity contribution in [1.82, 2.24) is 10.3 Å². The molecule has 1 N–H and O–H groups in total. The third kappa shape index (κ3) is 4.61. The molecule has 0 bridgehead atoms. The SMILES string of the molecule is CCOc1ccc(C(C)NC(=O)c2ccc(Cl)nc2)cc1OCC. The standard InChI is InChI=1S/C18H21ClN2O3/c1-4-23-15-8-6-13(10-16(15)24-5-2)12(3)21-18(22)14-7-9-17(19)20-11-14/h6-12H,4-5H2,1-3H3,(H,21,22). The molecule has 128 valence electrons. The highest BCUT2D eigenvalue weighted by Gasteiger charge is 2.14. The molecule has 6 heteroatoms. The van der Waals surface area contributed by atoms with Crippen LogP contribution in [-0.2, 0) is 0 Å². The Morgan fingerprint density at radius 1 is 1.17 bits per heavy atom. The molecular formula is C18H21ClN2O3. The molecule has 0 radical (unpaired) electrons. The zero-order valence-corrected chi connectivity index (χ0v) is 14.8. The number of hydrogen-bond acceptors (Lipinski definition) is 4. The first-order valence-electron chi connectivity index (χ1n) is 7.87. The third-order valence-corrected chi connectivity index (χ3v) is 3.63. The summed E-state index contributed by atoms with van der Waals surface area (Å²) in [5.74, 6) is 1.16. The third-order valence-electron chi connectivity index (χ3n) is 3.40. The average molecular weight is 349 g/mol. The van der Waals surface area contributed by atoms with Gasteiger partial charge in [-0.3, -0.25) is 4.79 Å². The lowest BCUT2D eigenvalue weighted by Gasteiger charge is -2.17. The van der Waals surface area contributed by atoms with Crippen molar-refractivity contribution in [2.75, 3.05) is 13.2 Å². The number of amides is 1. The van der Waals surface area contributed by atoms with Gasteiger partial charge in [0.05, 0.1) is 24.8 Å². The van der Waals surface area contributed by atoms with Crippen molar-refractivity contribution in [1.29, 1.82) is 0 Å². The van der Waals surface area contributed by atoms with Crippen molar-refractivity contribution in [3.8, 4) is 11.5 Å². The number of carbonyl (C=O) groups excluding carboxylic acids is 1. The van der Waals surface area contributed by atoms with Gasteiger partial charge in [-0.05, 0) is 50.6 Å². The van der Waals surface area contributed by atoms with Crippen molar-refractivity contribution in [3.05, 3.63) is 52.8 Å². The number of pyridine rings is 1. The van der Waals surface area contributed by atoms with Crippen LogP contribution in [-0.4, -0.2) is 24.1 Å². The Hall–Kier alpha value is -2.27. The molecule has 0 spiro atoms. The second kappa shape index (κ2) is 8.55. The number of ether oxygens (including phenoxy) is 2. The van der Waals surface area contributed by atoms with Crippen molar-refractivity contribution >= 4 is 17.5 Å². The number of hydrogen-bond donors (Lipinski definition) is 1. The minimum Gasteiger partial charge on any atom is -0.490 e. The fourth-order valence-corrected chi connectivity index (χ4v) is 2.32. The van der Waals surface area contributed by atoms with Crippen molar-refractivity contribution < 1.29 is 14.3 Å². The largest absolute Gasteiger partial charge is 0.490 e. The van der Waals surface area contributed by atoms with E-state index in [1.165, 1.54) is 6.20 Å². The number of rotatable bonds is 7. The predicted molar refractivity (Wildman–Crippen MR) is 93.9 cm³/mol. The highest BCUT2D eigenvalue weighted by molar-refractivity contribution is 6.29. The van der Waals surface area contributed by atoms with E-state index in [4.69, 9.17) is 21.1 Å². The molecular weight excluding hydrogens is 328 g/mol. The Balaban J connectivity index is 2.13. The van der Waals surface area contributed by atoms with E-state index < -0.39 is 0 Å². The van der Waals surface area contributed by atoms with Gasteiger partial charge in [-0.1, -0.05) is 17.7 Å². The fourth-order valence-electron chi connectivity index (χ4n) is 2.21. The van der Waals surface area contributed by atoms with E-state index in [1.807, 2.05) is 39.0 Å². The first-order valence-corrected chi connectivity index (χ1v) is 8.24. The van der Waals surface area contributed by atoms with Crippen molar-refractivity contribution in [2.45, 2.75) is 26.8 Å². The van der Waals surface area contributed by atoms with E-state index in [-0.39, 0.29) is 11.9 Å². The van der Waals surface area contributed by atoms with Gasteiger partial charge in [-0.15, -0.1) is 0 Å². The van der Waals surface area contributed by atoms with Crippen LogP contribution in [0.2, 0.25) is 5.15 Å². The van der Waals surface area contributed by atoms with Gasteiger partial charge in [0.25, 0.3) is 5.91 Å². The Kier molecular flexibility index (Phi) is 6.44. The molecule has 1 unspecified atom stereocenters. The van der Waals surface area contributed by atoms with Gasteiger partial charge in [0.2, 0.25) is 0 Å². The first-order chi connectivity index (χ1) is 11.5. The van der Waals surface area contributed by atoms with Crippen LogP contribution >= 0.6 is 11.6 Å². The maximum atomic E-state index is 12.3. The Morgan fingerprint density at radius 3 is 2.50 bits per heavy atom. The van der Waals surface area contributed by atoms with E-state index in [0.29, 0.717) is 35.4 Å². The molecule has 0 aliphatic heterocycles. The summed E-state index contributed by atoms with van der Waals surface area (Å²) in [7, 11) is 0. The summed E-state index contributed by atoms with van der Waals surface area (Å²) >= 11 is 5.74. The Bertz CT molecular complexity index is 689. The first kappa shape index (κ1) is 18.1. The Labute approximate surface area is 147 Å². The summed E-state index contributed by atoms with van der Waals surface area (Å²) in [5.41, 5.74) is 1.39. The minimum atomic E-state index is -0.210. The summed E-state index contributed by atoms with van der Waals surface area (Å²) in [6.07, 6.45) is 1.45. The lowest BCUT2D eigenvalue weighted by molar-refractivity contribution is 0.0939. The molecule has 2 rings (SSSR count). The number of halogens is 1. The number of benzene rings is 1. The molecule has 1 amide bonds. The number of nitrogens with zero attached hydrogens (tertiary/aromatic N) is 1. The fraction of sp³-hybridized carbons (Fsp3) is 0.333. The molecule has 0 aliphatic rings. The summed E-state index contributed by atoms with van der Waals surface area (Å²) in [4.78, 5) is 16.2. The van der Waals surface area contributed by atoms with Gasteiger partial charge >= 0.3 is 0 Å². The lowest BCUT2D eigenvalue weighted by Crippen LogP contribution is -2.26. The van der Waals surface area contributed by atoms with Gasteiger partial charge in [-0.2, -0.15) is 0 Å². The molecule has 0 aliphatic carbocycles. The molecule has 24 heavy (non-hydrogen) atoms. The second-order valence-electron chi connectivity index (χ2n) is 5.14. The van der Waals surface area contributed by atoms with Gasteiger partial charge in [0, 0.05) is 6.20 Å². The van der Waals surface area contributed by atoms with Gasteiger partial charge < -0.3 is 14.8 Å². The molecule has 0 saturated heterocycles. The normalized spacial score (nSPS) is 11.7. The van der Waals surface area contributed by atoms with Gasteiger partial charge in [-0.25, -0.2) is 4.98 Å². The van der Waals surface area contributed by atoms with Gasteiger partial charge in [0.1, 0.15) is 5.15 Å². The van der Waals surface area contributed by atoms with Crippen LogP contribution in [0.4, 0.5) is 0 Å². The van der Waals surface area contributed by atoms with Crippen LogP contribution in [0, 0.1) is 0 Å². The zero-order chi connectivity index (χ0) is 17.5. The average Bonchev–Trinajstić information content (AvgIpc) is 2.57. The smallest absolute Gasteiger partial charge is 0.253 e. The van der Waals surface area contributed by atoms with Gasteiger partial charge in [0.15, 0.2) is 11.5 Å². The molecule has 1 atom stereocenters. The number of nitrogens with one attached hydrogen (secondary N) is 1. The maximum Gasteiger partial charge on any atom is 0.253 e. The van der Waals surface area contributed by atoms with Crippen LogP contribution < -0.4 is 14.8 Å². The molecule has 1 aromatic heterocycles. The molecule has 2 aromatic rings. The van der Waals surface area contributed by atoms with E-state index in [2.05, 4.69) is 10.3 Å². The summed E-state index contributed by atoms with van der Waals surface area (Å²) < 4.78 is 11.2. The molecule has 1 heterocycles. The topological polar surface area (TPSA) is 60.5 Å². The molecule has 5 nitrogen and oxygen atoms in total. The van der Waals surface area contributed by atoms with Crippen LogP contribution in [0.5, 0.6) is 11.5 Å². The molecule has 0 saturated carbocycles. The minimum absolute atomic E-state index is 0.192. The predicted octanol–water partition coefficient (Wildman–Crippen LogP) is 4.02. The molecule has 0 fully saturated rings. The van der Waals surface area contributed by atoms with Crippen LogP contribution in [0.15, 0.2) is 36.5 Å². The summed E-state index contributed by atoms with van der Waals surface area (Å²) in [6, 6.07) is 8.70. The maximum absolute atomic E-state index is 12.3. The number of aromatic nitrogens is 1. The second-order valence-corrected chi connectivity index (χ2v) is 5.52. The van der Waals surface area contributed by atoms with Crippen LogP contribution in [0.25, 0.3) is 0 Å². The summed E-state index contributed by atoms with van der Waals surface area (Å²) in [5, 5.41) is 3.29. The van der Waals surface area contributed by atoms with Crippen LogP contribution in [0.3, 0.4) is 0 Å².